The molecule has 0 saturated carbocycles. The van der Waals surface area contributed by atoms with Gasteiger partial charge in [0.05, 0.1) is 16.8 Å². The first kappa shape index (κ1) is 17.7. The van der Waals surface area contributed by atoms with E-state index in [4.69, 9.17) is 5.73 Å². The highest BCUT2D eigenvalue weighted by atomic mass is 32.2. The Kier molecular flexibility index (Phi) is 5.60. The predicted molar refractivity (Wildman–Crippen MR) is 84.7 cm³/mol. The maximum Gasteiger partial charge on any atom is 0.208 e. The summed E-state index contributed by atoms with van der Waals surface area (Å²) < 4.78 is 47.8. The molecule has 1 rings (SSSR count). The van der Waals surface area contributed by atoms with Crippen molar-refractivity contribution in [2.75, 3.05) is 42.8 Å². The van der Waals surface area contributed by atoms with Gasteiger partial charge < -0.3 is 10.6 Å². The lowest BCUT2D eigenvalue weighted by atomic mass is 10.2. The first-order chi connectivity index (χ1) is 9.54. The van der Waals surface area contributed by atoms with E-state index in [1.54, 1.807) is 12.1 Å². The van der Waals surface area contributed by atoms with Gasteiger partial charge in [-0.3, -0.25) is 0 Å². The molecular formula is C12H21N3O4S2. The van der Waals surface area contributed by atoms with Crippen LogP contribution in [0.4, 0.5) is 11.4 Å². The maximum atomic E-state index is 11.7. The molecule has 0 spiro atoms. The van der Waals surface area contributed by atoms with Crippen LogP contribution in [0.15, 0.2) is 23.1 Å². The summed E-state index contributed by atoms with van der Waals surface area (Å²) in [5.74, 6) is 0. The van der Waals surface area contributed by atoms with Gasteiger partial charge >= 0.3 is 0 Å². The lowest BCUT2D eigenvalue weighted by Gasteiger charge is -2.24. The minimum atomic E-state index is -3.40. The van der Waals surface area contributed by atoms with Crippen LogP contribution in [-0.2, 0) is 19.9 Å². The number of sulfonamides is 1. The summed E-state index contributed by atoms with van der Waals surface area (Å²) in [7, 11) is -6.65. The molecule has 1 aromatic carbocycles. The van der Waals surface area contributed by atoms with Crippen LogP contribution in [-0.4, -0.2) is 49.0 Å². The van der Waals surface area contributed by atoms with Crippen molar-refractivity contribution in [3.05, 3.63) is 18.2 Å². The van der Waals surface area contributed by atoms with E-state index < -0.39 is 19.9 Å². The number of rotatable bonds is 7. The van der Waals surface area contributed by atoms with Gasteiger partial charge in [0.25, 0.3) is 0 Å². The Labute approximate surface area is 126 Å². The third-order valence-electron chi connectivity index (χ3n) is 2.89. The Morgan fingerprint density at radius 2 is 1.81 bits per heavy atom. The van der Waals surface area contributed by atoms with Gasteiger partial charge in [-0.1, -0.05) is 0 Å². The van der Waals surface area contributed by atoms with E-state index in [2.05, 4.69) is 4.72 Å². The normalized spacial score (nSPS) is 12.3. The predicted octanol–water partition coefficient (Wildman–Crippen LogP) is 0.0478. The monoisotopic (exact) mass is 335 g/mol. The summed E-state index contributed by atoms with van der Waals surface area (Å²) in [4.78, 5) is 1.95. The Morgan fingerprint density at radius 3 is 2.29 bits per heavy atom. The van der Waals surface area contributed by atoms with E-state index in [9.17, 15) is 16.8 Å². The Bertz CT molecular complexity index is 699. The molecule has 0 aliphatic carbocycles. The van der Waals surface area contributed by atoms with E-state index in [-0.39, 0.29) is 17.1 Å². The van der Waals surface area contributed by atoms with Gasteiger partial charge in [0.15, 0.2) is 9.84 Å². The molecule has 0 aromatic heterocycles. The van der Waals surface area contributed by atoms with Gasteiger partial charge in [-0.2, -0.15) is 0 Å². The summed E-state index contributed by atoms with van der Waals surface area (Å²) >= 11 is 0. The average molecular weight is 335 g/mol. The molecule has 0 atom stereocenters. The van der Waals surface area contributed by atoms with Crippen molar-refractivity contribution < 1.29 is 16.8 Å². The number of likely N-dealkylation sites (N-methyl/N-ethyl adjacent to an activating group) is 1. The molecule has 1 aromatic rings. The lowest BCUT2D eigenvalue weighted by molar-refractivity contribution is 0.587. The van der Waals surface area contributed by atoms with Crippen LogP contribution in [0.25, 0.3) is 0 Å². The van der Waals surface area contributed by atoms with E-state index in [0.29, 0.717) is 18.8 Å². The summed E-state index contributed by atoms with van der Waals surface area (Å²) in [6.45, 7) is 3.18. The number of hydrogen-bond donors (Lipinski definition) is 2. The smallest absolute Gasteiger partial charge is 0.208 e. The van der Waals surface area contributed by atoms with E-state index in [0.717, 1.165) is 12.5 Å². The second-order valence-electron chi connectivity index (χ2n) is 4.74. The van der Waals surface area contributed by atoms with Crippen LogP contribution in [0.3, 0.4) is 0 Å². The molecule has 21 heavy (non-hydrogen) atoms. The zero-order chi connectivity index (χ0) is 16.3. The Hall–Kier alpha value is -1.32. The summed E-state index contributed by atoms with van der Waals surface area (Å²) in [6.07, 6.45) is 2.19. The van der Waals surface area contributed by atoms with Gasteiger partial charge in [0, 0.05) is 31.6 Å². The fourth-order valence-corrected chi connectivity index (χ4v) is 3.17. The van der Waals surface area contributed by atoms with Crippen molar-refractivity contribution >= 4 is 31.2 Å². The molecule has 0 unspecified atom stereocenters. The van der Waals surface area contributed by atoms with Gasteiger partial charge in [-0.15, -0.1) is 0 Å². The fourth-order valence-electron chi connectivity index (χ4n) is 1.88. The Morgan fingerprint density at radius 1 is 1.19 bits per heavy atom. The number of sulfone groups is 1. The highest BCUT2D eigenvalue weighted by Crippen LogP contribution is 2.24. The van der Waals surface area contributed by atoms with Crippen molar-refractivity contribution in [2.24, 2.45) is 0 Å². The first-order valence-corrected chi connectivity index (χ1v) is 10.1. The maximum absolute atomic E-state index is 11.7. The number of nitrogens with zero attached hydrogens (tertiary/aromatic N) is 1. The highest BCUT2D eigenvalue weighted by molar-refractivity contribution is 7.90. The molecule has 0 aliphatic heterocycles. The van der Waals surface area contributed by atoms with Crippen LogP contribution in [0.2, 0.25) is 0 Å². The zero-order valence-electron chi connectivity index (χ0n) is 12.3. The van der Waals surface area contributed by atoms with Crippen LogP contribution in [0.1, 0.15) is 6.92 Å². The van der Waals surface area contributed by atoms with Crippen molar-refractivity contribution in [1.82, 2.24) is 4.72 Å². The summed E-state index contributed by atoms with van der Waals surface area (Å²) in [5, 5.41) is 0. The third-order valence-corrected chi connectivity index (χ3v) is 4.77. The number of nitrogens with one attached hydrogen (secondary N) is 1. The molecule has 120 valence electrons. The standard InChI is InChI=1S/C12H21N3O4S2/c1-4-15(8-7-14-21(3,18)19)10-5-6-11(13)12(9-10)20(2,16)17/h5-6,9,14H,4,7-8,13H2,1-3H3. The van der Waals surface area contributed by atoms with Gasteiger partial charge in [-0.25, -0.2) is 21.6 Å². The second kappa shape index (κ2) is 6.63. The SMILES string of the molecule is CCN(CCNS(C)(=O)=O)c1ccc(N)c(S(C)(=O)=O)c1. The van der Waals surface area contributed by atoms with Crippen molar-refractivity contribution in [3.8, 4) is 0 Å². The molecule has 9 heteroatoms. The quantitative estimate of drug-likeness (QED) is 0.681. The van der Waals surface area contributed by atoms with Crippen molar-refractivity contribution in [1.29, 1.82) is 0 Å². The van der Waals surface area contributed by atoms with Crippen molar-refractivity contribution in [2.45, 2.75) is 11.8 Å². The first-order valence-electron chi connectivity index (χ1n) is 6.33. The van der Waals surface area contributed by atoms with E-state index in [1.165, 1.54) is 6.07 Å². The number of anilines is 2. The number of hydrogen-bond acceptors (Lipinski definition) is 6. The minimum Gasteiger partial charge on any atom is -0.398 e. The minimum absolute atomic E-state index is 0.0783. The van der Waals surface area contributed by atoms with Crippen LogP contribution in [0, 0.1) is 0 Å². The molecule has 0 fully saturated rings. The van der Waals surface area contributed by atoms with E-state index in [1.807, 2.05) is 11.8 Å². The van der Waals surface area contributed by atoms with Crippen LogP contribution in [0.5, 0.6) is 0 Å². The highest BCUT2D eigenvalue weighted by Gasteiger charge is 2.14. The van der Waals surface area contributed by atoms with Gasteiger partial charge in [0.2, 0.25) is 10.0 Å². The number of nitrogen functional groups attached to an aromatic ring is 1. The van der Waals surface area contributed by atoms with Crippen molar-refractivity contribution in [3.63, 3.8) is 0 Å². The molecular weight excluding hydrogens is 314 g/mol. The molecule has 7 nitrogen and oxygen atoms in total. The third kappa shape index (κ3) is 5.52. The van der Waals surface area contributed by atoms with Gasteiger partial charge in [-0.05, 0) is 25.1 Å². The summed E-state index contributed by atoms with van der Waals surface area (Å²) in [6, 6.07) is 4.76. The topological polar surface area (TPSA) is 110 Å². The van der Waals surface area contributed by atoms with E-state index >= 15 is 0 Å². The molecule has 0 heterocycles. The summed E-state index contributed by atoms with van der Waals surface area (Å²) in [5.41, 5.74) is 6.57. The van der Waals surface area contributed by atoms with Crippen LogP contribution >= 0.6 is 0 Å². The number of benzene rings is 1. The number of nitrogens with two attached hydrogens (primary N) is 1. The zero-order valence-corrected chi connectivity index (χ0v) is 14.0. The average Bonchev–Trinajstić information content (AvgIpc) is 2.33. The molecule has 0 aliphatic rings. The fraction of sp³-hybridized carbons (Fsp3) is 0.500. The van der Waals surface area contributed by atoms with Crippen LogP contribution < -0.4 is 15.4 Å². The second-order valence-corrected chi connectivity index (χ2v) is 8.56. The lowest BCUT2D eigenvalue weighted by Crippen LogP contribution is -2.34. The molecule has 3 N–H and O–H groups in total. The molecule has 0 amide bonds. The Balaban J connectivity index is 2.97. The largest absolute Gasteiger partial charge is 0.398 e. The molecule has 0 saturated heterocycles. The molecule has 0 bridgehead atoms. The van der Waals surface area contributed by atoms with Gasteiger partial charge in [0.1, 0.15) is 0 Å². The molecule has 0 radical (unpaired) electrons.